The molecule has 0 saturated heterocycles. The van der Waals surface area contributed by atoms with Crippen LogP contribution in [0.3, 0.4) is 0 Å². The third-order valence-electron chi connectivity index (χ3n) is 5.78. The topological polar surface area (TPSA) is 38.7 Å². The minimum absolute atomic E-state index is 0.112. The lowest BCUT2D eigenvalue weighted by molar-refractivity contribution is -0.0624. The number of hydrogen-bond acceptors (Lipinski definition) is 3. The molecule has 22 heavy (non-hydrogen) atoms. The van der Waals surface area contributed by atoms with Gasteiger partial charge in [0.05, 0.1) is 19.8 Å². The maximum atomic E-state index is 11.4. The molecule has 3 rings (SSSR count). The van der Waals surface area contributed by atoms with Crippen LogP contribution in [0.2, 0.25) is 0 Å². The quantitative estimate of drug-likeness (QED) is 0.902. The van der Waals surface area contributed by atoms with E-state index in [0.29, 0.717) is 11.5 Å². The molecule has 0 aliphatic heterocycles. The van der Waals surface area contributed by atoms with Gasteiger partial charge in [0.1, 0.15) is 0 Å². The molecule has 0 spiro atoms. The summed E-state index contributed by atoms with van der Waals surface area (Å²) >= 11 is 0. The summed E-state index contributed by atoms with van der Waals surface area (Å²) in [5.41, 5.74) is 2.21. The van der Waals surface area contributed by atoms with Crippen molar-refractivity contribution in [2.24, 2.45) is 11.3 Å². The summed E-state index contributed by atoms with van der Waals surface area (Å²) in [6.45, 7) is 8.81. The average Bonchev–Trinajstić information content (AvgIpc) is 2.48. The number of rotatable bonds is 2. The molecule has 0 radical (unpaired) electrons. The van der Waals surface area contributed by atoms with Crippen molar-refractivity contribution >= 4 is 5.57 Å². The highest BCUT2D eigenvalue weighted by atomic mass is 16.5. The Bertz CT molecular complexity index is 617. The Balaban J connectivity index is 2.19. The largest absolute Gasteiger partial charge is 0.493 e. The molecule has 0 aromatic heterocycles. The standard InChI is InChI=1S/C19H26O3/c1-12-16-13(7-8-14(21-4)17(16)22-5)11-15-18(2,3)9-6-10-19(12,15)20/h7-8,15,20H,1,6,9-11H2,2-5H3/t15-,19-/m0/s1. The summed E-state index contributed by atoms with van der Waals surface area (Å²) in [5.74, 6) is 1.59. The maximum absolute atomic E-state index is 11.4. The summed E-state index contributed by atoms with van der Waals surface area (Å²) < 4.78 is 11.0. The van der Waals surface area contributed by atoms with Crippen LogP contribution in [0, 0.1) is 11.3 Å². The number of methoxy groups -OCH3 is 2. The lowest BCUT2D eigenvalue weighted by Gasteiger charge is -2.53. The van der Waals surface area contributed by atoms with Crippen molar-refractivity contribution in [3.63, 3.8) is 0 Å². The second-order valence-electron chi connectivity index (χ2n) is 7.34. The van der Waals surface area contributed by atoms with E-state index < -0.39 is 5.60 Å². The molecule has 3 heteroatoms. The first-order chi connectivity index (χ1) is 10.3. The number of fused-ring (bicyclic) bond motifs is 2. The number of ether oxygens (including phenoxy) is 2. The zero-order chi connectivity index (χ0) is 16.1. The Hall–Kier alpha value is -1.48. The van der Waals surface area contributed by atoms with E-state index in [1.165, 1.54) is 5.56 Å². The van der Waals surface area contributed by atoms with Gasteiger partial charge in [-0.2, -0.15) is 0 Å². The van der Waals surface area contributed by atoms with Gasteiger partial charge in [-0.25, -0.2) is 0 Å². The molecule has 1 aromatic carbocycles. The van der Waals surface area contributed by atoms with E-state index in [1.807, 2.05) is 6.07 Å². The molecule has 3 nitrogen and oxygen atoms in total. The summed E-state index contributed by atoms with van der Waals surface area (Å²) in [5, 5.41) is 11.4. The monoisotopic (exact) mass is 302 g/mol. The van der Waals surface area contributed by atoms with Gasteiger partial charge in [-0.3, -0.25) is 0 Å². The second kappa shape index (κ2) is 5.02. The Morgan fingerprint density at radius 2 is 1.91 bits per heavy atom. The highest BCUT2D eigenvalue weighted by Crippen LogP contribution is 2.57. The third-order valence-corrected chi connectivity index (χ3v) is 5.78. The van der Waals surface area contributed by atoms with E-state index in [0.717, 1.165) is 36.8 Å². The van der Waals surface area contributed by atoms with Gasteiger partial charge in [0.25, 0.3) is 0 Å². The van der Waals surface area contributed by atoms with Crippen LogP contribution in [0.1, 0.15) is 44.2 Å². The van der Waals surface area contributed by atoms with Crippen LogP contribution in [-0.4, -0.2) is 24.9 Å². The highest BCUT2D eigenvalue weighted by molar-refractivity contribution is 5.81. The lowest BCUT2D eigenvalue weighted by Crippen LogP contribution is -2.52. The predicted molar refractivity (Wildman–Crippen MR) is 88.4 cm³/mol. The molecule has 1 fully saturated rings. The molecule has 1 aromatic rings. The van der Waals surface area contributed by atoms with E-state index in [1.54, 1.807) is 14.2 Å². The predicted octanol–water partition coefficient (Wildman–Crippen LogP) is 3.83. The smallest absolute Gasteiger partial charge is 0.168 e. The summed E-state index contributed by atoms with van der Waals surface area (Å²) in [6.07, 6.45) is 3.81. The van der Waals surface area contributed by atoms with Crippen molar-refractivity contribution in [1.82, 2.24) is 0 Å². The minimum atomic E-state index is -0.839. The van der Waals surface area contributed by atoms with Gasteiger partial charge in [-0.05, 0) is 48.3 Å². The summed E-state index contributed by atoms with van der Waals surface area (Å²) in [7, 11) is 3.28. The lowest BCUT2D eigenvalue weighted by atomic mass is 9.54. The first kappa shape index (κ1) is 15.4. The normalized spacial score (nSPS) is 29.5. The molecule has 2 aliphatic carbocycles. The fourth-order valence-electron chi connectivity index (χ4n) is 4.52. The molecule has 2 atom stereocenters. The second-order valence-corrected chi connectivity index (χ2v) is 7.34. The molecule has 120 valence electrons. The summed E-state index contributed by atoms with van der Waals surface area (Å²) in [4.78, 5) is 0. The summed E-state index contributed by atoms with van der Waals surface area (Å²) in [6, 6.07) is 4.04. The van der Waals surface area contributed by atoms with Crippen molar-refractivity contribution in [3.05, 3.63) is 29.8 Å². The Morgan fingerprint density at radius 1 is 1.18 bits per heavy atom. The van der Waals surface area contributed by atoms with Crippen molar-refractivity contribution < 1.29 is 14.6 Å². The van der Waals surface area contributed by atoms with Crippen LogP contribution in [0.15, 0.2) is 18.7 Å². The Labute approximate surface area is 132 Å². The van der Waals surface area contributed by atoms with Crippen molar-refractivity contribution in [3.8, 4) is 11.5 Å². The van der Waals surface area contributed by atoms with Gasteiger partial charge in [0.2, 0.25) is 0 Å². The molecular weight excluding hydrogens is 276 g/mol. The fraction of sp³-hybridized carbons (Fsp3) is 0.579. The molecule has 1 N–H and O–H groups in total. The molecule has 0 unspecified atom stereocenters. The molecule has 0 heterocycles. The first-order valence-corrected chi connectivity index (χ1v) is 8.01. The van der Waals surface area contributed by atoms with Crippen LogP contribution in [0.25, 0.3) is 5.57 Å². The van der Waals surface area contributed by atoms with Gasteiger partial charge in [-0.15, -0.1) is 0 Å². The fourth-order valence-corrected chi connectivity index (χ4v) is 4.52. The zero-order valence-corrected chi connectivity index (χ0v) is 14.0. The van der Waals surface area contributed by atoms with Gasteiger partial charge in [0, 0.05) is 11.5 Å². The van der Waals surface area contributed by atoms with Crippen LogP contribution in [0.4, 0.5) is 0 Å². The SMILES string of the molecule is C=C1c2c(ccc(OC)c2OC)C[C@H]2C(C)(C)CCC[C@]12O. The van der Waals surface area contributed by atoms with E-state index >= 15 is 0 Å². The van der Waals surface area contributed by atoms with Gasteiger partial charge >= 0.3 is 0 Å². The van der Waals surface area contributed by atoms with E-state index in [-0.39, 0.29) is 11.3 Å². The van der Waals surface area contributed by atoms with E-state index in [2.05, 4.69) is 26.5 Å². The molecule has 0 amide bonds. The van der Waals surface area contributed by atoms with Crippen LogP contribution < -0.4 is 9.47 Å². The third kappa shape index (κ3) is 1.98. The van der Waals surface area contributed by atoms with Crippen LogP contribution >= 0.6 is 0 Å². The van der Waals surface area contributed by atoms with Crippen molar-refractivity contribution in [2.75, 3.05) is 14.2 Å². The Kier molecular flexibility index (Phi) is 3.52. The Morgan fingerprint density at radius 3 is 2.55 bits per heavy atom. The van der Waals surface area contributed by atoms with E-state index in [9.17, 15) is 5.11 Å². The minimum Gasteiger partial charge on any atom is -0.493 e. The highest BCUT2D eigenvalue weighted by Gasteiger charge is 2.53. The van der Waals surface area contributed by atoms with Gasteiger partial charge < -0.3 is 14.6 Å². The maximum Gasteiger partial charge on any atom is 0.168 e. The van der Waals surface area contributed by atoms with Crippen LogP contribution in [0.5, 0.6) is 11.5 Å². The zero-order valence-electron chi connectivity index (χ0n) is 14.0. The number of aliphatic hydroxyl groups is 1. The van der Waals surface area contributed by atoms with E-state index in [4.69, 9.17) is 9.47 Å². The number of hydrogen-bond donors (Lipinski definition) is 1. The van der Waals surface area contributed by atoms with Crippen LogP contribution in [-0.2, 0) is 6.42 Å². The van der Waals surface area contributed by atoms with Crippen molar-refractivity contribution in [1.29, 1.82) is 0 Å². The molecule has 2 aliphatic rings. The first-order valence-electron chi connectivity index (χ1n) is 8.01. The average molecular weight is 302 g/mol. The van der Waals surface area contributed by atoms with Gasteiger partial charge in [-0.1, -0.05) is 26.5 Å². The van der Waals surface area contributed by atoms with Gasteiger partial charge in [0.15, 0.2) is 11.5 Å². The molecular formula is C19H26O3. The molecule has 0 bridgehead atoms. The van der Waals surface area contributed by atoms with Crippen molar-refractivity contribution in [2.45, 2.75) is 45.1 Å². The molecule has 1 saturated carbocycles. The number of benzene rings is 1.